The topological polar surface area (TPSA) is 60.2 Å². The average Bonchev–Trinajstić information content (AvgIpc) is 2.26. The van der Waals surface area contributed by atoms with Gasteiger partial charge in [0.25, 0.3) is 5.69 Å². The summed E-state index contributed by atoms with van der Waals surface area (Å²) in [4.78, 5) is 20.9. The molecule has 1 aromatic rings. The quantitative estimate of drug-likeness (QED) is 0.351. The first-order chi connectivity index (χ1) is 7.54. The number of nitro benzene ring substituents is 1. The van der Waals surface area contributed by atoms with E-state index in [1.54, 1.807) is 18.2 Å². The lowest BCUT2D eigenvalue weighted by molar-refractivity contribution is -0.384. The number of carbonyl (C=O) groups is 1. The van der Waals surface area contributed by atoms with Gasteiger partial charge in [-0.2, -0.15) is 0 Å². The van der Waals surface area contributed by atoms with Gasteiger partial charge < -0.3 is 0 Å². The molecular weight excluding hydrogens is 230 g/mol. The van der Waals surface area contributed by atoms with Crippen LogP contribution in [-0.2, 0) is 4.79 Å². The van der Waals surface area contributed by atoms with Crippen molar-refractivity contribution in [3.8, 4) is 0 Å². The van der Waals surface area contributed by atoms with Crippen LogP contribution >= 0.6 is 11.6 Å². The molecule has 0 amide bonds. The number of rotatable bonds is 4. The van der Waals surface area contributed by atoms with Crippen molar-refractivity contribution in [1.29, 1.82) is 0 Å². The Hall–Kier alpha value is -1.68. The van der Waals surface area contributed by atoms with Crippen LogP contribution in [-0.4, -0.2) is 10.2 Å². The molecule has 0 unspecified atom stereocenters. The molecule has 1 rings (SSSR count). The van der Waals surface area contributed by atoms with Gasteiger partial charge in [0, 0.05) is 17.7 Å². The van der Waals surface area contributed by atoms with Crippen molar-refractivity contribution in [2.45, 2.75) is 13.3 Å². The van der Waals surface area contributed by atoms with Crippen molar-refractivity contribution in [1.82, 2.24) is 0 Å². The molecule has 0 atom stereocenters. The van der Waals surface area contributed by atoms with E-state index >= 15 is 0 Å². The number of hydrogen-bond donors (Lipinski definition) is 0. The lowest BCUT2D eigenvalue weighted by Gasteiger charge is -1.98. The molecule has 0 aliphatic carbocycles. The Morgan fingerprint density at radius 2 is 2.00 bits per heavy atom. The third kappa shape index (κ3) is 3.17. The van der Waals surface area contributed by atoms with Crippen molar-refractivity contribution in [3.05, 3.63) is 45.5 Å². The maximum absolute atomic E-state index is 10.9. The summed E-state index contributed by atoms with van der Waals surface area (Å²) in [6.45, 7) is 1.82. The second kappa shape index (κ2) is 5.42. The number of carbonyl (C=O) groups excluding carboxylic acids is 1. The molecule has 0 aromatic heterocycles. The first-order valence-electron chi connectivity index (χ1n) is 4.69. The van der Waals surface area contributed by atoms with Gasteiger partial charge in [-0.3, -0.25) is 14.9 Å². The summed E-state index contributed by atoms with van der Waals surface area (Å²) in [5, 5.41) is 9.91. The minimum Gasteiger partial charge on any atom is -0.276 e. The van der Waals surface area contributed by atoms with Crippen molar-refractivity contribution >= 4 is 28.6 Å². The molecule has 16 heavy (non-hydrogen) atoms. The average molecular weight is 240 g/mol. The van der Waals surface area contributed by atoms with E-state index in [0.29, 0.717) is 12.0 Å². The highest BCUT2D eigenvalue weighted by atomic mass is 35.5. The predicted octanol–water partition coefficient (Wildman–Crippen LogP) is 3.15. The Labute approximate surface area is 97.7 Å². The summed E-state index contributed by atoms with van der Waals surface area (Å²) in [6.07, 6.45) is 2.15. The molecule has 4 nitrogen and oxygen atoms in total. The van der Waals surface area contributed by atoms with Crippen LogP contribution in [0, 0.1) is 10.1 Å². The van der Waals surface area contributed by atoms with Gasteiger partial charge in [-0.1, -0.05) is 6.92 Å². The number of nitro groups is 1. The summed E-state index contributed by atoms with van der Waals surface area (Å²) < 4.78 is 0. The van der Waals surface area contributed by atoms with E-state index in [-0.39, 0.29) is 5.69 Å². The van der Waals surface area contributed by atoms with Gasteiger partial charge in [-0.25, -0.2) is 0 Å². The van der Waals surface area contributed by atoms with Crippen LogP contribution in [0.1, 0.15) is 18.9 Å². The summed E-state index contributed by atoms with van der Waals surface area (Å²) in [5.74, 6) is 0. The second-order valence-electron chi connectivity index (χ2n) is 3.15. The lowest BCUT2D eigenvalue weighted by atomic mass is 10.1. The van der Waals surface area contributed by atoms with E-state index in [9.17, 15) is 14.9 Å². The zero-order chi connectivity index (χ0) is 12.1. The van der Waals surface area contributed by atoms with Crippen LogP contribution in [0.3, 0.4) is 0 Å². The zero-order valence-corrected chi connectivity index (χ0v) is 9.40. The van der Waals surface area contributed by atoms with Gasteiger partial charge in [0.05, 0.1) is 4.92 Å². The SMILES string of the molecule is CCC(=Cc1ccc([N+](=O)[O-])cc1)C(=O)Cl. The zero-order valence-electron chi connectivity index (χ0n) is 8.64. The predicted molar refractivity (Wildman–Crippen MR) is 62.2 cm³/mol. The number of benzene rings is 1. The Morgan fingerprint density at radius 1 is 1.44 bits per heavy atom. The fourth-order valence-corrected chi connectivity index (χ4v) is 1.38. The Bertz CT molecular complexity index is 437. The van der Waals surface area contributed by atoms with E-state index in [1.165, 1.54) is 12.1 Å². The summed E-state index contributed by atoms with van der Waals surface area (Å²) in [7, 11) is 0. The summed E-state index contributed by atoms with van der Waals surface area (Å²) in [6, 6.07) is 5.93. The van der Waals surface area contributed by atoms with Crippen LogP contribution in [0.4, 0.5) is 5.69 Å². The van der Waals surface area contributed by atoms with E-state index in [0.717, 1.165) is 5.56 Å². The molecule has 0 aliphatic heterocycles. The Kier molecular flexibility index (Phi) is 4.19. The highest BCUT2D eigenvalue weighted by Gasteiger charge is 2.05. The minimum atomic E-state index is -0.499. The van der Waals surface area contributed by atoms with Crippen molar-refractivity contribution in [2.24, 2.45) is 0 Å². The Balaban J connectivity index is 2.98. The highest BCUT2D eigenvalue weighted by molar-refractivity contribution is 6.68. The smallest absolute Gasteiger partial charge is 0.269 e. The minimum absolute atomic E-state index is 0.0207. The molecule has 0 aliphatic rings. The molecule has 0 radical (unpaired) electrons. The van der Waals surface area contributed by atoms with Gasteiger partial charge in [0.15, 0.2) is 0 Å². The van der Waals surface area contributed by atoms with Crippen LogP contribution in [0.5, 0.6) is 0 Å². The first kappa shape index (κ1) is 12.4. The third-order valence-corrected chi connectivity index (χ3v) is 2.32. The highest BCUT2D eigenvalue weighted by Crippen LogP contribution is 2.16. The molecule has 0 saturated heterocycles. The molecular formula is C11H10ClNO3. The van der Waals surface area contributed by atoms with Crippen LogP contribution in [0.2, 0.25) is 0 Å². The van der Waals surface area contributed by atoms with E-state index in [2.05, 4.69) is 0 Å². The van der Waals surface area contributed by atoms with Crippen molar-refractivity contribution in [2.75, 3.05) is 0 Å². The normalized spacial score (nSPS) is 11.2. The molecule has 84 valence electrons. The second-order valence-corrected chi connectivity index (χ2v) is 3.49. The number of halogens is 1. The molecule has 0 N–H and O–H groups in total. The lowest BCUT2D eigenvalue weighted by Crippen LogP contribution is -1.91. The largest absolute Gasteiger partial charge is 0.276 e. The van der Waals surface area contributed by atoms with E-state index in [4.69, 9.17) is 11.6 Å². The van der Waals surface area contributed by atoms with Crippen molar-refractivity contribution in [3.63, 3.8) is 0 Å². The van der Waals surface area contributed by atoms with Gasteiger partial charge in [0.1, 0.15) is 0 Å². The van der Waals surface area contributed by atoms with Crippen molar-refractivity contribution < 1.29 is 9.72 Å². The van der Waals surface area contributed by atoms with E-state index in [1.807, 2.05) is 6.92 Å². The maximum atomic E-state index is 10.9. The number of non-ortho nitro benzene ring substituents is 1. The standard InChI is InChI=1S/C11H10ClNO3/c1-2-9(11(12)14)7-8-3-5-10(6-4-8)13(15)16/h3-7H,2H2,1H3. The summed E-state index contributed by atoms with van der Waals surface area (Å²) >= 11 is 5.36. The van der Waals surface area contributed by atoms with E-state index < -0.39 is 10.2 Å². The molecule has 5 heteroatoms. The van der Waals surface area contributed by atoms with Gasteiger partial charge >= 0.3 is 0 Å². The molecule has 0 spiro atoms. The molecule has 0 heterocycles. The molecule has 0 bridgehead atoms. The van der Waals surface area contributed by atoms with Gasteiger partial charge in [-0.05, 0) is 41.8 Å². The van der Waals surface area contributed by atoms with Crippen LogP contribution in [0.15, 0.2) is 29.8 Å². The Morgan fingerprint density at radius 3 is 2.38 bits per heavy atom. The summed E-state index contributed by atoms with van der Waals surface area (Å²) in [5.41, 5.74) is 1.22. The number of hydrogen-bond acceptors (Lipinski definition) is 3. The molecule has 1 aromatic carbocycles. The van der Waals surface area contributed by atoms with Gasteiger partial charge in [-0.15, -0.1) is 0 Å². The monoisotopic (exact) mass is 239 g/mol. The fraction of sp³-hybridized carbons (Fsp3) is 0.182. The maximum Gasteiger partial charge on any atom is 0.269 e. The van der Waals surface area contributed by atoms with Gasteiger partial charge in [0.2, 0.25) is 5.24 Å². The van der Waals surface area contributed by atoms with Crippen LogP contribution < -0.4 is 0 Å². The third-order valence-electron chi connectivity index (χ3n) is 2.08. The number of allylic oxidation sites excluding steroid dienone is 1. The van der Waals surface area contributed by atoms with Crippen LogP contribution in [0.25, 0.3) is 6.08 Å². The number of nitrogens with zero attached hydrogens (tertiary/aromatic N) is 1. The molecule has 0 fully saturated rings. The first-order valence-corrected chi connectivity index (χ1v) is 5.07. The fourth-order valence-electron chi connectivity index (χ4n) is 1.19. The molecule has 0 saturated carbocycles.